The number of hydrogen-bond donors (Lipinski definition) is 3. The molecule has 0 aromatic heterocycles. The summed E-state index contributed by atoms with van der Waals surface area (Å²) in [6.07, 6.45) is 0. The molecule has 0 bridgehead atoms. The third-order valence-corrected chi connectivity index (χ3v) is 0. The third kappa shape index (κ3) is 234000. The Balaban J connectivity index is 4.69. The van der Waals surface area contributed by atoms with Gasteiger partial charge in [-0.1, -0.05) is 0 Å². The van der Waals surface area contributed by atoms with Gasteiger partial charge in [0.1, 0.15) is 0 Å². The zero-order valence-electron chi connectivity index (χ0n) is 2.57. The van der Waals surface area contributed by atoms with Gasteiger partial charge in [0.15, 0.2) is 0 Å². The molecule has 0 aromatic carbocycles. The Morgan fingerprint density at radius 2 is 1.00 bits per heavy atom. The molecule has 0 saturated carbocycles. The molecule has 0 rings (SSSR count). The van der Waals surface area contributed by atoms with Crippen molar-refractivity contribution in [3.05, 3.63) is 0 Å². The van der Waals surface area contributed by atoms with Crippen LogP contribution in [0.3, 0.4) is 0 Å². The molecule has 39 valence electrons. The normalized spacial score (nSPS) is 18.8. The van der Waals surface area contributed by atoms with Gasteiger partial charge in [0, 0.05) is 0 Å². The first-order chi connectivity index (χ1) is 2.24. The van der Waals surface area contributed by atoms with Crippen LogP contribution in [0.25, 0.3) is 0 Å². The Bertz CT molecular complexity index is 131. The van der Waals surface area contributed by atoms with E-state index >= 15 is 0 Å². The van der Waals surface area contributed by atoms with Crippen molar-refractivity contribution in [2.24, 2.45) is 0 Å². The van der Waals surface area contributed by atoms with Gasteiger partial charge in [-0.05, 0) is 0 Å². The van der Waals surface area contributed by atoms with Crippen molar-refractivity contribution >= 4 is 0 Å². The average Bonchev–Trinajstić information content (AvgIpc) is 0.650. The summed E-state index contributed by atoms with van der Waals surface area (Å²) < 4.78 is 39.4. The van der Waals surface area contributed by atoms with Gasteiger partial charge >= 0.3 is 33.0 Å². The van der Waals surface area contributed by atoms with Gasteiger partial charge < -0.3 is 0 Å². The van der Waals surface area contributed by atoms with Crippen LogP contribution in [0, 0.1) is 0 Å². The zero-order valence-corrected chi connectivity index (χ0v) is 3.84. The second-order valence-electron chi connectivity index (χ2n) is 0.760. The fourth-order valence-corrected chi connectivity index (χ4v) is 0. The standard InChI is InChI=1S/Cr.3H2O.2O/h;3*1H2;;/q+3;;;;;/p-3. The first kappa shape index (κ1) is 6.01. The molecule has 3 N–H and O–H groups in total. The maximum absolute atomic E-state index is 8.96. The fraction of sp³-hybridized carbons (Fsp3) is 0. The van der Waals surface area contributed by atoms with Crippen molar-refractivity contribution in [1.29, 1.82) is 0 Å². The van der Waals surface area contributed by atoms with Gasteiger partial charge in [0.2, 0.25) is 0 Å². The van der Waals surface area contributed by atoms with Crippen molar-refractivity contribution in [3.8, 4) is 0 Å². The monoisotopic (exact) mass is 135 g/mol. The van der Waals surface area contributed by atoms with E-state index < -0.39 is 12.9 Å². The minimum absolute atomic E-state index is 6.88. The quantitative estimate of drug-likeness (QED) is 0.360. The van der Waals surface area contributed by atoms with E-state index in [1.165, 1.54) is 0 Å². The molecule has 0 amide bonds. The predicted molar refractivity (Wildman–Crippen MR) is 8.03 cm³/mol. The maximum atomic E-state index is 8.96. The molecule has 0 spiro atoms. The van der Waals surface area contributed by atoms with Gasteiger partial charge in [0.25, 0.3) is 0 Å². The van der Waals surface area contributed by atoms with Crippen LogP contribution >= 0.6 is 0 Å². The molecule has 6 heavy (non-hydrogen) atoms. The van der Waals surface area contributed by atoms with Crippen LogP contribution in [0.15, 0.2) is 0 Å². The van der Waals surface area contributed by atoms with Crippen LogP contribution in [0.1, 0.15) is 0 Å². The van der Waals surface area contributed by atoms with E-state index in [-0.39, 0.29) is 0 Å². The van der Waals surface area contributed by atoms with Crippen LogP contribution in [0.2, 0.25) is 0 Å². The summed E-state index contributed by atoms with van der Waals surface area (Å²) in [6, 6.07) is 0. The molecule has 5 nitrogen and oxygen atoms in total. The summed E-state index contributed by atoms with van der Waals surface area (Å²) in [5.74, 6) is 0. The zero-order chi connectivity index (χ0) is 5.45. The first-order valence-electron chi connectivity index (χ1n) is 0.881. The van der Waals surface area contributed by atoms with Crippen molar-refractivity contribution in [2.45, 2.75) is 0 Å². The molecule has 0 aliphatic rings. The van der Waals surface area contributed by atoms with Crippen LogP contribution < -0.4 is 0 Å². The predicted octanol–water partition coefficient (Wildman–Crippen LogP) is -1.91. The summed E-state index contributed by atoms with van der Waals surface area (Å²) in [6.45, 7) is 0. The van der Waals surface area contributed by atoms with Crippen molar-refractivity contribution in [3.63, 3.8) is 0 Å². The van der Waals surface area contributed by atoms with E-state index in [1.54, 1.807) is 0 Å². The van der Waals surface area contributed by atoms with Crippen molar-refractivity contribution in [2.75, 3.05) is 0 Å². The van der Waals surface area contributed by atoms with E-state index in [9.17, 15) is 0 Å². The van der Waals surface area contributed by atoms with Crippen LogP contribution in [-0.2, 0) is 20.5 Å². The van der Waals surface area contributed by atoms with Gasteiger partial charge in [-0.25, -0.2) is 0 Å². The Hall–Kier alpha value is 0.0125. The molecule has 0 atom stereocenters. The Kier molecular flexibility index (Phi) is 0.807. The molecule has 6 heteroatoms. The molecule has 0 fully saturated rings. The summed E-state index contributed by atoms with van der Waals surface area (Å²) in [5.41, 5.74) is 0. The molecule has 0 heterocycles. The fourth-order valence-electron chi connectivity index (χ4n) is 0. The van der Waals surface area contributed by atoms with Crippen molar-refractivity contribution < 1.29 is 33.0 Å². The topological polar surface area (TPSA) is 94.8 Å². The molecular formula is H3CrO5. The molecule has 0 aliphatic carbocycles. The van der Waals surface area contributed by atoms with E-state index in [0.29, 0.717) is 0 Å². The van der Waals surface area contributed by atoms with E-state index in [0.717, 1.165) is 0 Å². The molecule has 0 unspecified atom stereocenters. The van der Waals surface area contributed by atoms with E-state index in [4.69, 9.17) is 20.1 Å². The third-order valence-electron chi connectivity index (χ3n) is 0. The summed E-state index contributed by atoms with van der Waals surface area (Å²) in [5, 5.41) is 0. The number of hydrogen-bond acceptors (Lipinski definition) is 2. The van der Waals surface area contributed by atoms with E-state index in [1.807, 2.05) is 0 Å². The molecule has 0 saturated heterocycles. The van der Waals surface area contributed by atoms with E-state index in [2.05, 4.69) is 0 Å². The second-order valence-corrected chi connectivity index (χ2v) is 3.13. The molecule has 0 aliphatic heterocycles. The first-order valence-corrected chi connectivity index (χ1v) is 3.63. The number of rotatable bonds is 0. The van der Waals surface area contributed by atoms with Gasteiger partial charge in [-0.15, -0.1) is 0 Å². The minimum atomic E-state index is -6.88. The molecule has 0 aromatic rings. The SMILES string of the molecule is [O]=[Cr](=[O])([OH])([OH])[OH]. The summed E-state index contributed by atoms with van der Waals surface area (Å²) in [7, 11) is 0. The van der Waals surface area contributed by atoms with Crippen LogP contribution in [0.4, 0.5) is 0 Å². The van der Waals surface area contributed by atoms with Crippen LogP contribution in [0.5, 0.6) is 0 Å². The van der Waals surface area contributed by atoms with Gasteiger partial charge in [0.05, 0.1) is 0 Å². The average molecular weight is 135 g/mol. The van der Waals surface area contributed by atoms with Gasteiger partial charge in [-0.3, -0.25) is 0 Å². The Morgan fingerprint density at radius 1 is 1.00 bits per heavy atom. The second kappa shape index (κ2) is 0.805. The van der Waals surface area contributed by atoms with Crippen molar-refractivity contribution in [1.82, 2.24) is 0 Å². The van der Waals surface area contributed by atoms with Crippen LogP contribution in [-0.4, -0.2) is 12.5 Å². The molecule has 0 radical (unpaired) electrons. The summed E-state index contributed by atoms with van der Waals surface area (Å²) in [4.78, 5) is 0. The Labute approximate surface area is 33.9 Å². The Morgan fingerprint density at radius 3 is 1.00 bits per heavy atom. The molecular weight excluding hydrogens is 132 g/mol. The van der Waals surface area contributed by atoms with Gasteiger partial charge in [-0.2, -0.15) is 0 Å². The summed E-state index contributed by atoms with van der Waals surface area (Å²) >= 11 is -6.88.